The topological polar surface area (TPSA) is 102 Å². The maximum Gasteiger partial charge on any atom is 0.408 e. The van der Waals surface area contributed by atoms with E-state index in [4.69, 9.17) is 4.74 Å². The molecule has 7 heteroatoms. The van der Waals surface area contributed by atoms with Gasteiger partial charge in [-0.2, -0.15) is 0 Å². The molecule has 1 atom stereocenters. The normalized spacial score (nSPS) is 11.6. The molecule has 32 heavy (non-hydrogen) atoms. The van der Waals surface area contributed by atoms with Crippen LogP contribution in [0.3, 0.4) is 0 Å². The fourth-order valence-corrected chi connectivity index (χ4v) is 3.61. The third-order valence-electron chi connectivity index (χ3n) is 5.13. The Morgan fingerprint density at radius 1 is 0.969 bits per heavy atom. The van der Waals surface area contributed by atoms with E-state index < -0.39 is 17.1 Å². The van der Waals surface area contributed by atoms with Gasteiger partial charge in [-0.1, -0.05) is 72.8 Å². The van der Waals surface area contributed by atoms with Gasteiger partial charge in [-0.25, -0.2) is 4.79 Å². The van der Waals surface area contributed by atoms with E-state index in [1.807, 2.05) is 54.6 Å². The molecule has 0 aliphatic rings. The molecule has 7 nitrogen and oxygen atoms in total. The highest BCUT2D eigenvalue weighted by Crippen LogP contribution is 2.36. The maximum atomic E-state index is 12.7. The number of carbonyl (C=O) groups is 1. The Morgan fingerprint density at radius 2 is 1.72 bits per heavy atom. The summed E-state index contributed by atoms with van der Waals surface area (Å²) in [7, 11) is 0. The van der Waals surface area contributed by atoms with Crippen LogP contribution in [0.1, 0.15) is 22.7 Å². The zero-order valence-electron chi connectivity index (χ0n) is 17.0. The third kappa shape index (κ3) is 4.52. The number of fused-ring (bicyclic) bond motifs is 1. The lowest BCUT2D eigenvalue weighted by Gasteiger charge is -2.22. The number of nitrogens with one attached hydrogen (secondary N) is 1. The van der Waals surface area contributed by atoms with Crippen LogP contribution in [0.4, 0.5) is 10.5 Å². The molecule has 0 saturated carbocycles. The number of nitro groups is 1. The zero-order valence-corrected chi connectivity index (χ0v) is 17.0. The molecule has 4 aromatic rings. The first-order chi connectivity index (χ1) is 15.5. The second kappa shape index (κ2) is 9.18. The van der Waals surface area contributed by atoms with Crippen LogP contribution in [-0.2, 0) is 11.3 Å². The van der Waals surface area contributed by atoms with Crippen molar-refractivity contribution in [3.05, 3.63) is 118 Å². The van der Waals surface area contributed by atoms with Gasteiger partial charge < -0.3 is 15.2 Å². The average Bonchev–Trinajstić information content (AvgIpc) is 2.82. The molecule has 2 N–H and O–H groups in total. The number of hydrogen-bond acceptors (Lipinski definition) is 5. The summed E-state index contributed by atoms with van der Waals surface area (Å²) >= 11 is 0. The minimum absolute atomic E-state index is 0.0384. The molecule has 0 heterocycles. The van der Waals surface area contributed by atoms with Crippen molar-refractivity contribution >= 4 is 22.6 Å². The number of phenols is 1. The van der Waals surface area contributed by atoms with Crippen LogP contribution in [0, 0.1) is 10.1 Å². The standard InChI is InChI=1S/C25H20N2O5/c28-22-14-13-18-9-4-5-12-21(18)23(22)24(19-10-6-11-20(15-19)27(30)31)26-25(29)32-16-17-7-2-1-3-8-17/h1-15,24,28H,16H2,(H,26,29). The Balaban J connectivity index is 1.73. The predicted octanol–water partition coefficient (Wildman–Crippen LogP) is 5.47. The number of carbonyl (C=O) groups excluding carboxylic acids is 1. The number of hydrogen-bond donors (Lipinski definition) is 2. The van der Waals surface area contributed by atoms with Crippen molar-refractivity contribution in [3.8, 4) is 5.75 Å². The fraction of sp³-hybridized carbons (Fsp3) is 0.0800. The second-order valence-electron chi connectivity index (χ2n) is 7.21. The van der Waals surface area contributed by atoms with E-state index >= 15 is 0 Å². The van der Waals surface area contributed by atoms with Gasteiger partial charge in [-0.15, -0.1) is 0 Å². The van der Waals surface area contributed by atoms with E-state index in [1.165, 1.54) is 12.1 Å². The highest BCUT2D eigenvalue weighted by molar-refractivity contribution is 5.89. The minimum Gasteiger partial charge on any atom is -0.508 e. The number of rotatable bonds is 6. The average molecular weight is 428 g/mol. The summed E-state index contributed by atoms with van der Waals surface area (Å²) in [4.78, 5) is 23.5. The molecule has 4 rings (SSSR count). The largest absolute Gasteiger partial charge is 0.508 e. The molecule has 0 spiro atoms. The quantitative estimate of drug-likeness (QED) is 0.313. The maximum absolute atomic E-state index is 12.7. The molecule has 0 aliphatic heterocycles. The van der Waals surface area contributed by atoms with Gasteiger partial charge in [0.2, 0.25) is 0 Å². The van der Waals surface area contributed by atoms with Gasteiger partial charge in [0.05, 0.1) is 11.0 Å². The van der Waals surface area contributed by atoms with Crippen molar-refractivity contribution in [1.29, 1.82) is 0 Å². The lowest BCUT2D eigenvalue weighted by atomic mass is 9.92. The molecular weight excluding hydrogens is 408 g/mol. The van der Waals surface area contributed by atoms with Gasteiger partial charge in [0.25, 0.3) is 5.69 Å². The molecule has 0 fully saturated rings. The van der Waals surface area contributed by atoms with Crippen LogP contribution in [0.2, 0.25) is 0 Å². The molecular formula is C25H20N2O5. The molecule has 160 valence electrons. The van der Waals surface area contributed by atoms with Gasteiger partial charge >= 0.3 is 6.09 Å². The Bertz CT molecular complexity index is 1270. The first kappa shape index (κ1) is 20.9. The number of alkyl carbamates (subject to hydrolysis) is 1. The van der Waals surface area contributed by atoms with Crippen LogP contribution in [-0.4, -0.2) is 16.1 Å². The van der Waals surface area contributed by atoms with Crippen molar-refractivity contribution in [2.45, 2.75) is 12.6 Å². The Labute approximate surface area is 184 Å². The fourth-order valence-electron chi connectivity index (χ4n) is 3.61. The Hall–Kier alpha value is -4.39. The van der Waals surface area contributed by atoms with E-state index in [-0.39, 0.29) is 18.0 Å². The summed E-state index contributed by atoms with van der Waals surface area (Å²) in [6.45, 7) is 0.0653. The van der Waals surface area contributed by atoms with E-state index in [0.717, 1.165) is 10.9 Å². The number of ether oxygens (including phenoxy) is 1. The van der Waals surface area contributed by atoms with Crippen LogP contribution >= 0.6 is 0 Å². The van der Waals surface area contributed by atoms with E-state index in [2.05, 4.69) is 5.32 Å². The summed E-state index contributed by atoms with van der Waals surface area (Å²) in [6.07, 6.45) is -0.710. The van der Waals surface area contributed by atoms with E-state index in [0.29, 0.717) is 16.5 Å². The van der Waals surface area contributed by atoms with Crippen LogP contribution < -0.4 is 5.32 Å². The summed E-state index contributed by atoms with van der Waals surface area (Å²) in [6, 6.07) is 25.0. The molecule has 0 saturated heterocycles. The van der Waals surface area contributed by atoms with Crippen molar-refractivity contribution < 1.29 is 19.6 Å². The highest BCUT2D eigenvalue weighted by atomic mass is 16.6. The van der Waals surface area contributed by atoms with Gasteiger partial charge in [0.1, 0.15) is 12.4 Å². The van der Waals surface area contributed by atoms with Gasteiger partial charge in [-0.3, -0.25) is 10.1 Å². The van der Waals surface area contributed by atoms with E-state index in [9.17, 15) is 20.0 Å². The minimum atomic E-state index is -0.871. The molecule has 4 aromatic carbocycles. The van der Waals surface area contributed by atoms with Crippen LogP contribution in [0.5, 0.6) is 5.75 Å². The van der Waals surface area contributed by atoms with Crippen LogP contribution in [0.25, 0.3) is 10.8 Å². The summed E-state index contributed by atoms with van der Waals surface area (Å²) in [5, 5.41) is 26.4. The summed E-state index contributed by atoms with van der Waals surface area (Å²) in [5.41, 5.74) is 1.58. The van der Waals surface area contributed by atoms with Crippen molar-refractivity contribution in [1.82, 2.24) is 5.32 Å². The number of phenolic OH excluding ortho intramolecular Hbond substituents is 1. The number of amides is 1. The van der Waals surface area contributed by atoms with Crippen molar-refractivity contribution in [2.24, 2.45) is 0 Å². The third-order valence-corrected chi connectivity index (χ3v) is 5.13. The van der Waals surface area contributed by atoms with Crippen LogP contribution in [0.15, 0.2) is 91.0 Å². The SMILES string of the molecule is O=C(NC(c1cccc([N+](=O)[O-])c1)c1c(O)ccc2ccccc12)OCc1ccccc1. The van der Waals surface area contributed by atoms with Gasteiger partial charge in [0.15, 0.2) is 0 Å². The molecule has 1 amide bonds. The molecule has 1 unspecified atom stereocenters. The molecule has 0 bridgehead atoms. The number of non-ortho nitro benzene ring substituents is 1. The summed E-state index contributed by atoms with van der Waals surface area (Å²) < 4.78 is 5.37. The van der Waals surface area contributed by atoms with Gasteiger partial charge in [0, 0.05) is 17.7 Å². The Morgan fingerprint density at radius 3 is 2.50 bits per heavy atom. The monoisotopic (exact) mass is 428 g/mol. The lowest BCUT2D eigenvalue weighted by Crippen LogP contribution is -2.30. The number of nitro benzene ring substituents is 1. The first-order valence-electron chi connectivity index (χ1n) is 9.95. The first-order valence-corrected chi connectivity index (χ1v) is 9.95. The summed E-state index contributed by atoms with van der Waals surface area (Å²) in [5.74, 6) is -0.0384. The molecule has 0 radical (unpaired) electrons. The highest BCUT2D eigenvalue weighted by Gasteiger charge is 2.24. The Kier molecular flexibility index (Phi) is 5.98. The van der Waals surface area contributed by atoms with Crippen molar-refractivity contribution in [3.63, 3.8) is 0 Å². The zero-order chi connectivity index (χ0) is 22.5. The number of benzene rings is 4. The van der Waals surface area contributed by atoms with Gasteiger partial charge in [-0.05, 0) is 28.0 Å². The number of nitrogens with zero attached hydrogens (tertiary/aromatic N) is 1. The molecule has 0 aromatic heterocycles. The predicted molar refractivity (Wildman–Crippen MR) is 120 cm³/mol. The lowest BCUT2D eigenvalue weighted by molar-refractivity contribution is -0.384. The second-order valence-corrected chi connectivity index (χ2v) is 7.21. The smallest absolute Gasteiger partial charge is 0.408 e. The van der Waals surface area contributed by atoms with Crippen molar-refractivity contribution in [2.75, 3.05) is 0 Å². The van der Waals surface area contributed by atoms with E-state index in [1.54, 1.807) is 24.3 Å². The number of aromatic hydroxyl groups is 1. The molecule has 0 aliphatic carbocycles.